The van der Waals surface area contributed by atoms with Crippen LogP contribution in [-0.4, -0.2) is 27.0 Å². The van der Waals surface area contributed by atoms with Crippen LogP contribution in [0.25, 0.3) is 11.4 Å². The lowest BCUT2D eigenvalue weighted by molar-refractivity contribution is 0.336. The van der Waals surface area contributed by atoms with E-state index in [2.05, 4.69) is 15.2 Å². The van der Waals surface area contributed by atoms with Gasteiger partial charge in [0.1, 0.15) is 11.8 Å². The summed E-state index contributed by atoms with van der Waals surface area (Å²) in [7, 11) is 1.57. The Morgan fingerprint density at radius 1 is 1.30 bits per heavy atom. The molecule has 3 rings (SSSR count). The predicted octanol–water partition coefficient (Wildman–Crippen LogP) is 4.17. The summed E-state index contributed by atoms with van der Waals surface area (Å²) in [6, 6.07) is 4.98. The van der Waals surface area contributed by atoms with Crippen LogP contribution in [0, 0.1) is 6.92 Å². The molecule has 8 heteroatoms. The van der Waals surface area contributed by atoms with E-state index in [1.165, 1.54) is 0 Å². The molecule has 0 spiro atoms. The molecule has 0 saturated heterocycles. The standard InChI is InChI=1S/C15H14Cl2N4O2/c1-8-12(17)7-21(19-8)9(2)15-18-14(20-23-15)11-6-10(16)4-5-13(11)22-3/h4-7,9H,1-3H3. The van der Waals surface area contributed by atoms with Crippen LogP contribution in [0.4, 0.5) is 0 Å². The van der Waals surface area contributed by atoms with Crippen molar-refractivity contribution in [3.8, 4) is 17.1 Å². The maximum Gasteiger partial charge on any atom is 0.251 e. The second kappa shape index (κ2) is 6.22. The maximum atomic E-state index is 6.04. The number of aryl methyl sites for hydroxylation is 1. The molecule has 0 amide bonds. The maximum absolute atomic E-state index is 6.04. The Hall–Kier alpha value is -2.05. The first-order valence-electron chi connectivity index (χ1n) is 6.88. The Balaban J connectivity index is 1.96. The highest BCUT2D eigenvalue weighted by Gasteiger charge is 2.20. The van der Waals surface area contributed by atoms with Crippen molar-refractivity contribution in [2.75, 3.05) is 7.11 Å². The summed E-state index contributed by atoms with van der Waals surface area (Å²) in [5, 5.41) is 9.50. The third-order valence-corrected chi connectivity index (χ3v) is 4.06. The van der Waals surface area contributed by atoms with Crippen molar-refractivity contribution < 1.29 is 9.26 Å². The zero-order valence-corrected chi connectivity index (χ0v) is 14.3. The summed E-state index contributed by atoms with van der Waals surface area (Å²) in [4.78, 5) is 4.43. The van der Waals surface area contributed by atoms with Crippen molar-refractivity contribution >= 4 is 23.2 Å². The average Bonchev–Trinajstić information content (AvgIpc) is 3.14. The molecular formula is C15H14Cl2N4O2. The van der Waals surface area contributed by atoms with E-state index < -0.39 is 0 Å². The predicted molar refractivity (Wildman–Crippen MR) is 87.1 cm³/mol. The Morgan fingerprint density at radius 2 is 2.09 bits per heavy atom. The molecule has 0 aliphatic rings. The second-order valence-electron chi connectivity index (χ2n) is 5.02. The summed E-state index contributed by atoms with van der Waals surface area (Å²) in [6.45, 7) is 3.73. The first-order chi connectivity index (χ1) is 11.0. The molecule has 0 fully saturated rings. The molecule has 0 aliphatic carbocycles. The number of methoxy groups -OCH3 is 1. The van der Waals surface area contributed by atoms with E-state index in [0.29, 0.717) is 33.1 Å². The fourth-order valence-corrected chi connectivity index (χ4v) is 2.45. The quantitative estimate of drug-likeness (QED) is 0.704. The van der Waals surface area contributed by atoms with Gasteiger partial charge in [-0.25, -0.2) is 0 Å². The van der Waals surface area contributed by atoms with Gasteiger partial charge in [-0.15, -0.1) is 0 Å². The summed E-state index contributed by atoms with van der Waals surface area (Å²) in [6.07, 6.45) is 1.73. The Kier molecular flexibility index (Phi) is 4.28. The molecule has 1 aromatic carbocycles. The minimum absolute atomic E-state index is 0.243. The zero-order chi connectivity index (χ0) is 16.6. The van der Waals surface area contributed by atoms with Crippen molar-refractivity contribution in [1.29, 1.82) is 0 Å². The SMILES string of the molecule is COc1ccc(Cl)cc1-c1noc(C(C)n2cc(Cl)c(C)n2)n1. The molecular weight excluding hydrogens is 339 g/mol. The molecule has 1 atom stereocenters. The van der Waals surface area contributed by atoms with E-state index in [-0.39, 0.29) is 6.04 Å². The average molecular weight is 353 g/mol. The Labute approximate surface area is 143 Å². The summed E-state index contributed by atoms with van der Waals surface area (Å²) in [5.74, 6) is 1.44. The fraction of sp³-hybridized carbons (Fsp3) is 0.267. The fourth-order valence-electron chi connectivity index (χ4n) is 2.14. The second-order valence-corrected chi connectivity index (χ2v) is 5.86. The monoisotopic (exact) mass is 352 g/mol. The molecule has 3 aromatic rings. The van der Waals surface area contributed by atoms with Crippen LogP contribution in [0.5, 0.6) is 5.75 Å². The summed E-state index contributed by atoms with van der Waals surface area (Å²) < 4.78 is 12.4. The van der Waals surface area contributed by atoms with E-state index in [1.54, 1.807) is 36.2 Å². The zero-order valence-electron chi connectivity index (χ0n) is 12.7. The van der Waals surface area contributed by atoms with Gasteiger partial charge < -0.3 is 9.26 Å². The van der Waals surface area contributed by atoms with Gasteiger partial charge in [-0.2, -0.15) is 10.1 Å². The minimum Gasteiger partial charge on any atom is -0.496 e. The van der Waals surface area contributed by atoms with Crippen LogP contribution in [0.2, 0.25) is 10.0 Å². The van der Waals surface area contributed by atoms with Crippen LogP contribution in [0.1, 0.15) is 24.6 Å². The normalized spacial score (nSPS) is 12.4. The van der Waals surface area contributed by atoms with Crippen LogP contribution in [0.3, 0.4) is 0 Å². The topological polar surface area (TPSA) is 66.0 Å². The van der Waals surface area contributed by atoms with Gasteiger partial charge in [0.05, 0.1) is 23.4 Å². The van der Waals surface area contributed by atoms with Gasteiger partial charge >= 0.3 is 0 Å². The number of hydrogen-bond acceptors (Lipinski definition) is 5. The number of aromatic nitrogens is 4. The molecule has 1 unspecified atom stereocenters. The van der Waals surface area contributed by atoms with E-state index in [1.807, 2.05) is 13.8 Å². The Morgan fingerprint density at radius 3 is 2.74 bits per heavy atom. The number of ether oxygens (including phenoxy) is 1. The highest BCUT2D eigenvalue weighted by Crippen LogP contribution is 2.31. The van der Waals surface area contributed by atoms with Gasteiger partial charge in [-0.1, -0.05) is 28.4 Å². The number of benzene rings is 1. The van der Waals surface area contributed by atoms with Crippen LogP contribution >= 0.6 is 23.2 Å². The van der Waals surface area contributed by atoms with Crippen molar-refractivity contribution in [3.05, 3.63) is 46.0 Å². The molecule has 23 heavy (non-hydrogen) atoms. The molecule has 120 valence electrons. The highest BCUT2D eigenvalue weighted by molar-refractivity contribution is 6.31. The first-order valence-corrected chi connectivity index (χ1v) is 7.64. The van der Waals surface area contributed by atoms with Crippen molar-refractivity contribution in [3.63, 3.8) is 0 Å². The van der Waals surface area contributed by atoms with Crippen molar-refractivity contribution in [2.24, 2.45) is 0 Å². The van der Waals surface area contributed by atoms with Gasteiger partial charge in [0, 0.05) is 11.2 Å². The number of nitrogens with zero attached hydrogens (tertiary/aromatic N) is 4. The lowest BCUT2D eigenvalue weighted by Gasteiger charge is -2.06. The van der Waals surface area contributed by atoms with E-state index in [9.17, 15) is 0 Å². The minimum atomic E-state index is -0.243. The molecule has 2 aromatic heterocycles. The van der Waals surface area contributed by atoms with Gasteiger partial charge in [0.2, 0.25) is 5.82 Å². The van der Waals surface area contributed by atoms with Gasteiger partial charge in [0.15, 0.2) is 0 Å². The molecule has 0 radical (unpaired) electrons. The van der Waals surface area contributed by atoms with Gasteiger partial charge in [-0.3, -0.25) is 4.68 Å². The summed E-state index contributed by atoms with van der Waals surface area (Å²) >= 11 is 12.1. The molecule has 0 saturated carbocycles. The van der Waals surface area contributed by atoms with Crippen molar-refractivity contribution in [2.45, 2.75) is 19.9 Å². The Bertz CT molecular complexity index is 824. The lowest BCUT2D eigenvalue weighted by atomic mass is 10.2. The third kappa shape index (κ3) is 3.04. The molecule has 0 bridgehead atoms. The molecule has 2 heterocycles. The first kappa shape index (κ1) is 15.8. The molecule has 0 aliphatic heterocycles. The highest BCUT2D eigenvalue weighted by atomic mass is 35.5. The lowest BCUT2D eigenvalue weighted by Crippen LogP contribution is -2.07. The van der Waals surface area contributed by atoms with Crippen molar-refractivity contribution in [1.82, 2.24) is 19.9 Å². The van der Waals surface area contributed by atoms with E-state index in [0.717, 1.165) is 5.69 Å². The van der Waals surface area contributed by atoms with Crippen LogP contribution < -0.4 is 4.74 Å². The van der Waals surface area contributed by atoms with Crippen LogP contribution in [-0.2, 0) is 0 Å². The summed E-state index contributed by atoms with van der Waals surface area (Å²) in [5.41, 5.74) is 1.41. The van der Waals surface area contributed by atoms with Gasteiger partial charge in [-0.05, 0) is 32.0 Å². The van der Waals surface area contributed by atoms with Gasteiger partial charge in [0.25, 0.3) is 5.89 Å². The van der Waals surface area contributed by atoms with E-state index >= 15 is 0 Å². The van der Waals surface area contributed by atoms with Crippen LogP contribution in [0.15, 0.2) is 28.9 Å². The molecule has 0 N–H and O–H groups in total. The number of rotatable bonds is 4. The van der Waals surface area contributed by atoms with E-state index in [4.69, 9.17) is 32.5 Å². The number of hydrogen-bond donors (Lipinski definition) is 0. The molecule has 6 nitrogen and oxygen atoms in total. The number of halogens is 2. The third-order valence-electron chi connectivity index (χ3n) is 3.46. The smallest absolute Gasteiger partial charge is 0.251 e. The largest absolute Gasteiger partial charge is 0.496 e.